The third kappa shape index (κ3) is 6.52. The average molecular weight is 534 g/mol. The quantitative estimate of drug-likeness (QED) is 0.136. The molecule has 3 aromatic carbocycles. The molecular formula is C31H27F4N3O. The molecule has 0 unspecified atom stereocenters. The summed E-state index contributed by atoms with van der Waals surface area (Å²) in [4.78, 5) is 20.9. The van der Waals surface area contributed by atoms with Crippen LogP contribution < -0.4 is 5.32 Å². The minimum absolute atomic E-state index is 0.00713. The van der Waals surface area contributed by atoms with Gasteiger partial charge in [0, 0.05) is 35.0 Å². The van der Waals surface area contributed by atoms with Crippen LogP contribution in [0.1, 0.15) is 29.2 Å². The van der Waals surface area contributed by atoms with E-state index >= 15 is 0 Å². The maximum atomic E-state index is 14.0. The Bertz CT molecular complexity index is 1580. The Balaban J connectivity index is 1.77. The minimum atomic E-state index is -0.839. The second-order valence-electron chi connectivity index (χ2n) is 9.13. The lowest BCUT2D eigenvalue weighted by molar-refractivity contribution is -0.120. The van der Waals surface area contributed by atoms with Crippen molar-refractivity contribution in [1.29, 1.82) is 0 Å². The van der Waals surface area contributed by atoms with Gasteiger partial charge in [0.15, 0.2) is 0 Å². The Morgan fingerprint density at radius 3 is 2.36 bits per heavy atom. The van der Waals surface area contributed by atoms with Crippen LogP contribution in [0.2, 0.25) is 0 Å². The molecule has 0 spiro atoms. The lowest BCUT2D eigenvalue weighted by Crippen LogP contribution is -2.39. The molecule has 0 aliphatic heterocycles. The molecule has 39 heavy (non-hydrogen) atoms. The van der Waals surface area contributed by atoms with E-state index in [0.717, 1.165) is 6.07 Å². The first-order valence-corrected chi connectivity index (χ1v) is 12.3. The van der Waals surface area contributed by atoms with Gasteiger partial charge in [-0.2, -0.15) is 0 Å². The topological polar surface area (TPSA) is 57.2 Å². The molecule has 0 aliphatic carbocycles. The van der Waals surface area contributed by atoms with Crippen LogP contribution in [0.25, 0.3) is 16.5 Å². The zero-order valence-corrected chi connectivity index (χ0v) is 21.5. The highest BCUT2D eigenvalue weighted by atomic mass is 19.1. The van der Waals surface area contributed by atoms with Gasteiger partial charge in [-0.3, -0.25) is 9.79 Å². The van der Waals surface area contributed by atoms with Gasteiger partial charge in [-0.25, -0.2) is 17.6 Å². The molecule has 1 aromatic heterocycles. The van der Waals surface area contributed by atoms with Crippen LogP contribution in [-0.4, -0.2) is 23.1 Å². The third-order valence-electron chi connectivity index (χ3n) is 6.33. The van der Waals surface area contributed by atoms with Crippen molar-refractivity contribution in [1.82, 2.24) is 10.3 Å². The standard InChI is InChI=1S/C31H27F4N3O/c1-4-25(26-8-6-21(32)10-18(26)3)31(36-5-2)29(13-19-11-23(34)15-24(35)12-19)38-30(39)14-20-17-37-28-9-7-22(33)16-27(20)28/h4-12,15-17,29,37H,1,13-14H2,2-3H3,(H,38,39)/b31-25+,36-5?/t29-/m0/s1. The molecule has 8 heteroatoms. The van der Waals surface area contributed by atoms with E-state index in [-0.39, 0.29) is 12.8 Å². The Kier molecular flexibility index (Phi) is 8.44. The minimum Gasteiger partial charge on any atom is -0.361 e. The average Bonchev–Trinajstić information content (AvgIpc) is 3.25. The molecule has 4 rings (SSSR count). The molecule has 200 valence electrons. The van der Waals surface area contributed by atoms with Gasteiger partial charge >= 0.3 is 0 Å². The molecule has 1 atom stereocenters. The van der Waals surface area contributed by atoms with Crippen molar-refractivity contribution in [2.75, 3.05) is 0 Å². The van der Waals surface area contributed by atoms with Crippen LogP contribution in [0.15, 0.2) is 84.1 Å². The van der Waals surface area contributed by atoms with E-state index in [1.807, 2.05) is 0 Å². The first-order valence-electron chi connectivity index (χ1n) is 12.3. The van der Waals surface area contributed by atoms with E-state index in [0.29, 0.717) is 44.4 Å². The summed E-state index contributed by atoms with van der Waals surface area (Å²) < 4.78 is 55.8. The van der Waals surface area contributed by atoms with Crippen molar-refractivity contribution in [2.45, 2.75) is 32.7 Å². The Labute approximate surface area is 223 Å². The number of aryl methyl sites for hydroxylation is 1. The van der Waals surface area contributed by atoms with Crippen molar-refractivity contribution in [2.24, 2.45) is 4.99 Å². The van der Waals surface area contributed by atoms with Crippen LogP contribution in [0.4, 0.5) is 17.6 Å². The van der Waals surface area contributed by atoms with E-state index < -0.39 is 35.2 Å². The number of H-pyrrole nitrogens is 1. The number of halogens is 4. The molecule has 1 amide bonds. The fourth-order valence-corrected chi connectivity index (χ4v) is 4.66. The number of benzene rings is 3. The molecule has 0 saturated heterocycles. The van der Waals surface area contributed by atoms with E-state index in [9.17, 15) is 22.4 Å². The molecule has 1 heterocycles. The zero-order chi connectivity index (χ0) is 28.1. The number of allylic oxidation sites excluding steroid dienone is 2. The zero-order valence-electron chi connectivity index (χ0n) is 21.5. The summed E-state index contributed by atoms with van der Waals surface area (Å²) in [7, 11) is 0. The molecule has 0 radical (unpaired) electrons. The van der Waals surface area contributed by atoms with Crippen molar-refractivity contribution in [3.63, 3.8) is 0 Å². The predicted molar refractivity (Wildman–Crippen MR) is 146 cm³/mol. The monoisotopic (exact) mass is 533 g/mol. The summed E-state index contributed by atoms with van der Waals surface area (Å²) in [5.74, 6) is -2.75. The molecule has 2 N–H and O–H groups in total. The number of nitrogens with zero attached hydrogens (tertiary/aromatic N) is 1. The second-order valence-corrected chi connectivity index (χ2v) is 9.13. The number of hydrogen-bond donors (Lipinski definition) is 2. The molecule has 0 saturated carbocycles. The number of aromatic amines is 1. The summed E-state index contributed by atoms with van der Waals surface area (Å²) in [6.45, 7) is 7.34. The van der Waals surface area contributed by atoms with E-state index in [2.05, 4.69) is 21.9 Å². The van der Waals surface area contributed by atoms with Gasteiger partial charge in [0.25, 0.3) is 0 Å². The van der Waals surface area contributed by atoms with E-state index in [1.165, 1.54) is 42.6 Å². The second kappa shape index (κ2) is 11.9. The number of rotatable bonds is 9. The number of fused-ring (bicyclic) bond motifs is 1. The van der Waals surface area contributed by atoms with Gasteiger partial charge in [0.2, 0.25) is 5.91 Å². The number of carbonyl (C=O) groups is 1. The summed E-state index contributed by atoms with van der Waals surface area (Å²) >= 11 is 0. The maximum absolute atomic E-state index is 14.0. The Morgan fingerprint density at radius 1 is 1.00 bits per heavy atom. The fraction of sp³-hybridized carbons (Fsp3) is 0.161. The number of hydrogen-bond acceptors (Lipinski definition) is 2. The van der Waals surface area contributed by atoms with Crippen LogP contribution in [-0.2, 0) is 17.6 Å². The number of amides is 1. The van der Waals surface area contributed by atoms with E-state index in [4.69, 9.17) is 0 Å². The fourth-order valence-electron chi connectivity index (χ4n) is 4.66. The molecular weight excluding hydrogens is 506 g/mol. The lowest BCUT2D eigenvalue weighted by atomic mass is 9.93. The smallest absolute Gasteiger partial charge is 0.225 e. The summed E-state index contributed by atoms with van der Waals surface area (Å²) in [5.41, 5.74) is 3.74. The molecule has 4 nitrogen and oxygen atoms in total. The first kappa shape index (κ1) is 27.6. The summed E-state index contributed by atoms with van der Waals surface area (Å²) in [5, 5.41) is 3.51. The normalized spacial score (nSPS) is 13.0. The maximum Gasteiger partial charge on any atom is 0.225 e. The van der Waals surface area contributed by atoms with Crippen molar-refractivity contribution in [3.8, 4) is 0 Å². The number of aliphatic imine (C=N–C) groups is 1. The summed E-state index contributed by atoms with van der Waals surface area (Å²) in [6, 6.07) is 10.8. The van der Waals surface area contributed by atoms with Crippen molar-refractivity contribution in [3.05, 3.63) is 125 Å². The predicted octanol–water partition coefficient (Wildman–Crippen LogP) is 6.99. The largest absolute Gasteiger partial charge is 0.361 e. The molecule has 0 bridgehead atoms. The third-order valence-corrected chi connectivity index (χ3v) is 6.33. The van der Waals surface area contributed by atoms with Gasteiger partial charge < -0.3 is 10.3 Å². The highest BCUT2D eigenvalue weighted by Crippen LogP contribution is 2.28. The lowest BCUT2D eigenvalue weighted by Gasteiger charge is -2.23. The van der Waals surface area contributed by atoms with Gasteiger partial charge in [-0.05, 0) is 85.0 Å². The molecule has 4 aromatic rings. The van der Waals surface area contributed by atoms with Crippen LogP contribution >= 0.6 is 0 Å². The molecule has 0 aliphatic rings. The molecule has 0 fully saturated rings. The highest BCUT2D eigenvalue weighted by molar-refractivity contribution is 5.89. The van der Waals surface area contributed by atoms with Gasteiger partial charge in [-0.15, -0.1) is 0 Å². The SMILES string of the molecule is C=C/C(=C(\N=CC)[C@H](Cc1cc(F)cc(F)c1)NC(=O)Cc1c[nH]c2ccc(F)cc12)c1ccc(F)cc1C. The Hall–Kier alpha value is -4.46. The van der Waals surface area contributed by atoms with Crippen LogP contribution in [0.5, 0.6) is 0 Å². The number of nitrogens with one attached hydrogen (secondary N) is 2. The van der Waals surface area contributed by atoms with Crippen LogP contribution in [0, 0.1) is 30.2 Å². The van der Waals surface area contributed by atoms with Gasteiger partial charge in [-0.1, -0.05) is 18.7 Å². The number of carbonyl (C=O) groups excluding carboxylic acids is 1. The van der Waals surface area contributed by atoms with E-state index in [1.54, 1.807) is 38.3 Å². The first-order chi connectivity index (χ1) is 18.7. The van der Waals surface area contributed by atoms with Crippen LogP contribution in [0.3, 0.4) is 0 Å². The summed E-state index contributed by atoms with van der Waals surface area (Å²) in [6.07, 6.45) is 4.65. The Morgan fingerprint density at radius 2 is 1.69 bits per heavy atom. The number of aromatic nitrogens is 1. The van der Waals surface area contributed by atoms with Gasteiger partial charge in [0.1, 0.15) is 23.3 Å². The van der Waals surface area contributed by atoms with Gasteiger partial charge in [0.05, 0.1) is 18.2 Å². The highest BCUT2D eigenvalue weighted by Gasteiger charge is 2.23. The van der Waals surface area contributed by atoms with Crippen molar-refractivity contribution >= 4 is 28.6 Å². The van der Waals surface area contributed by atoms with Crippen molar-refractivity contribution < 1.29 is 22.4 Å².